The number of nitrogens with two attached hydrogens (primary N) is 1. The van der Waals surface area contributed by atoms with Crippen LogP contribution in [0.1, 0.15) is 20.0 Å². The van der Waals surface area contributed by atoms with Gasteiger partial charge in [0.2, 0.25) is 0 Å². The molecule has 0 unspecified atom stereocenters. The fourth-order valence-electron chi connectivity index (χ4n) is 6.50. The summed E-state index contributed by atoms with van der Waals surface area (Å²) in [6.45, 7) is 0. The quantitative estimate of drug-likeness (QED) is 0.181. The molecule has 10 aromatic rings. The van der Waals surface area contributed by atoms with E-state index < -0.39 is 0 Å². The molecule has 0 spiro atoms. The fourth-order valence-corrected chi connectivity index (χ4v) is 6.84. The molecule has 0 aliphatic carbocycles. The van der Waals surface area contributed by atoms with Crippen LogP contribution in [0.4, 0.5) is 5.69 Å². The molecular formula is C46H38BrNO2. The largest absolute Gasteiger partial charge is 0.456 e. The summed E-state index contributed by atoms with van der Waals surface area (Å²) in [7, 11) is 0. The molecule has 0 atom stereocenters. The predicted molar refractivity (Wildman–Crippen MR) is 219 cm³/mol. The number of hydrogen-bond acceptors (Lipinski definition) is 3. The van der Waals surface area contributed by atoms with Gasteiger partial charge in [-0.1, -0.05) is 151 Å². The Morgan fingerprint density at radius 1 is 0.440 bits per heavy atom. The van der Waals surface area contributed by atoms with E-state index in [1.54, 1.807) is 0 Å². The molecule has 0 fully saturated rings. The zero-order valence-corrected chi connectivity index (χ0v) is 28.2. The number of halogens is 1. The van der Waals surface area contributed by atoms with E-state index in [1.165, 1.54) is 48.8 Å². The molecule has 0 saturated heterocycles. The fraction of sp³-hybridized carbons (Fsp3) is 0.0435. The minimum Gasteiger partial charge on any atom is -0.456 e. The Bertz CT molecular complexity index is 2740. The number of benzene rings is 8. The molecule has 10 rings (SSSR count). The first kappa shape index (κ1) is 32.7. The molecular weight excluding hydrogens is 678 g/mol. The molecule has 0 aliphatic heterocycles. The zero-order valence-electron chi connectivity index (χ0n) is 26.6. The van der Waals surface area contributed by atoms with Gasteiger partial charge in [0.1, 0.15) is 22.3 Å². The van der Waals surface area contributed by atoms with Gasteiger partial charge in [-0.15, -0.1) is 0 Å². The summed E-state index contributed by atoms with van der Waals surface area (Å²) in [5, 5.41) is 9.67. The second kappa shape index (κ2) is 14.3. The van der Waals surface area contributed by atoms with Crippen LogP contribution in [0.2, 0.25) is 0 Å². The van der Waals surface area contributed by atoms with Crippen LogP contribution in [0, 0.1) is 0 Å². The maximum Gasteiger partial charge on any atom is 0.136 e. The SMILES string of the molecule is Brc1ccc2c(c1)oc1ccccc12.C.Nc1cccc2ccccc12.[2HH].c1ccc2c(Cc3ccc4c(c3)oc3ccccc34)cccc2c1. The van der Waals surface area contributed by atoms with Crippen molar-refractivity contribution in [1.82, 2.24) is 0 Å². The lowest BCUT2D eigenvalue weighted by molar-refractivity contribution is 0.668. The highest BCUT2D eigenvalue weighted by Gasteiger charge is 2.09. The van der Waals surface area contributed by atoms with Crippen LogP contribution < -0.4 is 5.73 Å². The van der Waals surface area contributed by atoms with E-state index in [1.807, 2.05) is 72.8 Å². The average molecular weight is 718 g/mol. The van der Waals surface area contributed by atoms with Gasteiger partial charge in [-0.25, -0.2) is 0 Å². The first-order valence-corrected chi connectivity index (χ1v) is 17.1. The zero-order chi connectivity index (χ0) is 33.2. The van der Waals surface area contributed by atoms with Crippen molar-refractivity contribution in [3.8, 4) is 0 Å². The topological polar surface area (TPSA) is 52.3 Å². The lowest BCUT2D eigenvalue weighted by atomic mass is 9.98. The number of furan rings is 2. The highest BCUT2D eigenvalue weighted by atomic mass is 79.9. The van der Waals surface area contributed by atoms with Crippen molar-refractivity contribution in [3.63, 3.8) is 0 Å². The maximum atomic E-state index is 6.02. The molecule has 0 amide bonds. The van der Waals surface area contributed by atoms with Crippen LogP contribution in [-0.4, -0.2) is 0 Å². The van der Waals surface area contributed by atoms with Crippen molar-refractivity contribution in [2.75, 3.05) is 5.73 Å². The molecule has 3 nitrogen and oxygen atoms in total. The van der Waals surface area contributed by atoms with Gasteiger partial charge in [0, 0.05) is 38.5 Å². The monoisotopic (exact) mass is 716 g/mol. The first-order chi connectivity index (χ1) is 24.1. The summed E-state index contributed by atoms with van der Waals surface area (Å²) in [4.78, 5) is 0. The third-order valence-electron chi connectivity index (χ3n) is 8.88. The van der Waals surface area contributed by atoms with Crippen molar-refractivity contribution in [2.24, 2.45) is 0 Å². The summed E-state index contributed by atoms with van der Waals surface area (Å²) in [6, 6.07) is 58.1. The van der Waals surface area contributed by atoms with Gasteiger partial charge < -0.3 is 14.6 Å². The average Bonchev–Trinajstić information content (AvgIpc) is 3.70. The minimum atomic E-state index is 0. The summed E-state index contributed by atoms with van der Waals surface area (Å²) in [6.07, 6.45) is 0.911. The van der Waals surface area contributed by atoms with E-state index in [0.29, 0.717) is 0 Å². The second-order valence-electron chi connectivity index (χ2n) is 12.1. The normalized spacial score (nSPS) is 10.9. The molecule has 0 saturated carbocycles. The molecule has 246 valence electrons. The van der Waals surface area contributed by atoms with Crippen LogP contribution >= 0.6 is 15.9 Å². The van der Waals surface area contributed by atoms with Crippen molar-refractivity contribution in [2.45, 2.75) is 13.8 Å². The number of rotatable bonds is 2. The Balaban J connectivity index is 0.000000142. The Morgan fingerprint density at radius 3 is 1.58 bits per heavy atom. The van der Waals surface area contributed by atoms with E-state index in [0.717, 1.165) is 44.3 Å². The van der Waals surface area contributed by atoms with Crippen LogP contribution in [0.5, 0.6) is 0 Å². The third kappa shape index (κ3) is 6.58. The van der Waals surface area contributed by atoms with Crippen molar-refractivity contribution >= 4 is 87.0 Å². The molecule has 50 heavy (non-hydrogen) atoms. The summed E-state index contributed by atoms with van der Waals surface area (Å²) in [5.41, 5.74) is 13.0. The Kier molecular flexibility index (Phi) is 9.37. The van der Waals surface area contributed by atoms with Gasteiger partial charge in [0.25, 0.3) is 0 Å². The number of para-hydroxylation sites is 2. The Hall–Kier alpha value is -5.84. The van der Waals surface area contributed by atoms with E-state index in [2.05, 4.69) is 113 Å². The maximum absolute atomic E-state index is 6.02. The van der Waals surface area contributed by atoms with Crippen LogP contribution in [0.15, 0.2) is 183 Å². The van der Waals surface area contributed by atoms with E-state index in [-0.39, 0.29) is 8.85 Å². The van der Waals surface area contributed by atoms with E-state index in [4.69, 9.17) is 14.6 Å². The van der Waals surface area contributed by atoms with E-state index >= 15 is 0 Å². The van der Waals surface area contributed by atoms with Crippen LogP contribution in [0.25, 0.3) is 65.4 Å². The van der Waals surface area contributed by atoms with Gasteiger partial charge in [0.15, 0.2) is 0 Å². The molecule has 4 heteroatoms. The lowest BCUT2D eigenvalue weighted by Crippen LogP contribution is -1.89. The molecule has 2 heterocycles. The standard InChI is InChI=1S/C23H16O.C12H7BrO.C10H9N.CH4.H2/c1-2-9-19-17(6-1)7-5-8-18(19)14-16-12-13-21-20-10-3-4-11-22(20)24-23(21)15-16;13-8-5-6-10-9-3-1-2-4-11(9)14-12(10)7-8;11-10-7-3-5-8-4-1-2-6-9(8)10;;/h1-13,15H,14H2;1-7H;1-7H,11H2;1H4;1H/i;;;;1+1. The molecule has 0 radical (unpaired) electrons. The molecule has 0 aliphatic rings. The number of fused-ring (bicyclic) bond motifs is 8. The molecule has 2 aromatic heterocycles. The predicted octanol–water partition coefficient (Wildman–Crippen LogP) is 14.0. The van der Waals surface area contributed by atoms with Crippen molar-refractivity contribution in [3.05, 3.63) is 185 Å². The smallest absolute Gasteiger partial charge is 0.136 e. The van der Waals surface area contributed by atoms with Crippen molar-refractivity contribution < 1.29 is 10.3 Å². The third-order valence-corrected chi connectivity index (χ3v) is 9.38. The highest BCUT2D eigenvalue weighted by Crippen LogP contribution is 2.31. The number of hydrogen-bond donors (Lipinski definition) is 1. The van der Waals surface area contributed by atoms with Gasteiger partial charge in [0.05, 0.1) is 0 Å². The highest BCUT2D eigenvalue weighted by molar-refractivity contribution is 9.10. The van der Waals surface area contributed by atoms with Crippen LogP contribution in [0.3, 0.4) is 0 Å². The minimum absolute atomic E-state index is 0. The molecule has 0 bridgehead atoms. The van der Waals surface area contributed by atoms with Crippen LogP contribution in [-0.2, 0) is 6.42 Å². The first-order valence-electron chi connectivity index (χ1n) is 16.3. The molecule has 8 aromatic carbocycles. The van der Waals surface area contributed by atoms with Gasteiger partial charge in [-0.05, 0) is 76.2 Å². The molecule has 2 N–H and O–H groups in total. The summed E-state index contributed by atoms with van der Waals surface area (Å²) < 4.78 is 12.8. The van der Waals surface area contributed by atoms with Crippen molar-refractivity contribution in [1.29, 1.82) is 0 Å². The Labute approximate surface area is 301 Å². The van der Waals surface area contributed by atoms with Gasteiger partial charge in [-0.3, -0.25) is 0 Å². The lowest BCUT2D eigenvalue weighted by Gasteiger charge is -2.07. The Morgan fingerprint density at radius 2 is 0.920 bits per heavy atom. The van der Waals surface area contributed by atoms with Gasteiger partial charge in [-0.2, -0.15) is 0 Å². The number of anilines is 1. The second-order valence-corrected chi connectivity index (χ2v) is 13.0. The van der Waals surface area contributed by atoms with Gasteiger partial charge >= 0.3 is 0 Å². The number of nitrogen functional groups attached to an aromatic ring is 1. The summed E-state index contributed by atoms with van der Waals surface area (Å²) in [5.74, 6) is 0. The van der Waals surface area contributed by atoms with E-state index in [9.17, 15) is 0 Å². The summed E-state index contributed by atoms with van der Waals surface area (Å²) >= 11 is 3.43.